The minimum atomic E-state index is -4.74. The van der Waals surface area contributed by atoms with Crippen molar-refractivity contribution in [1.29, 1.82) is 0 Å². The molecule has 29 heavy (non-hydrogen) atoms. The van der Waals surface area contributed by atoms with Crippen molar-refractivity contribution in [1.82, 2.24) is 14.8 Å². The molecule has 0 atom stereocenters. The molecule has 2 heterocycles. The molecule has 0 spiro atoms. The minimum Gasteiger partial charge on any atom is -0.461 e. The van der Waals surface area contributed by atoms with Crippen LogP contribution in [0.2, 0.25) is 0 Å². The van der Waals surface area contributed by atoms with Gasteiger partial charge in [0.2, 0.25) is 5.13 Å². The van der Waals surface area contributed by atoms with Gasteiger partial charge in [0.1, 0.15) is 5.75 Å². The first-order valence-electron chi connectivity index (χ1n) is 8.28. The van der Waals surface area contributed by atoms with E-state index in [0.29, 0.717) is 4.68 Å². The zero-order valence-corrected chi connectivity index (χ0v) is 16.0. The van der Waals surface area contributed by atoms with Gasteiger partial charge in [-0.2, -0.15) is 18.3 Å². The summed E-state index contributed by atoms with van der Waals surface area (Å²) in [6.07, 6.45) is -4.74. The lowest BCUT2D eigenvalue weighted by Crippen LogP contribution is -2.13. The number of hydrogen-bond donors (Lipinski definition) is 0. The normalized spacial score (nSPS) is 11.3. The molecule has 7 nitrogen and oxygen atoms in total. The molecule has 0 amide bonds. The number of hydrogen-bond acceptors (Lipinski definition) is 7. The van der Waals surface area contributed by atoms with Gasteiger partial charge in [0.05, 0.1) is 12.3 Å². The first kappa shape index (κ1) is 20.5. The second-order valence-corrected chi connectivity index (χ2v) is 6.49. The van der Waals surface area contributed by atoms with E-state index in [0.717, 1.165) is 17.4 Å². The summed E-state index contributed by atoms with van der Waals surface area (Å²) in [5.41, 5.74) is -1.07. The smallest absolute Gasteiger partial charge is 0.433 e. The highest BCUT2D eigenvalue weighted by atomic mass is 32.1. The molecule has 3 rings (SSSR count). The number of aromatic nitrogens is 3. The third-order valence-corrected chi connectivity index (χ3v) is 4.39. The van der Waals surface area contributed by atoms with Gasteiger partial charge in [-0.1, -0.05) is 12.1 Å². The molecule has 152 valence electrons. The van der Waals surface area contributed by atoms with Gasteiger partial charge in [-0.05, 0) is 25.1 Å². The van der Waals surface area contributed by atoms with E-state index in [1.54, 1.807) is 19.1 Å². The van der Waals surface area contributed by atoms with Crippen molar-refractivity contribution in [3.63, 3.8) is 0 Å². The predicted molar refractivity (Wildman–Crippen MR) is 96.9 cm³/mol. The Hall–Kier alpha value is -3.21. The third-order valence-electron chi connectivity index (χ3n) is 3.57. The molecule has 0 unspecified atom stereocenters. The Morgan fingerprint density at radius 2 is 1.97 bits per heavy atom. The summed E-state index contributed by atoms with van der Waals surface area (Å²) in [5.74, 6) is -1.28. The van der Waals surface area contributed by atoms with Gasteiger partial charge >= 0.3 is 18.1 Å². The number of halogens is 3. The molecule has 0 N–H and O–H groups in total. The molecule has 0 fully saturated rings. The van der Waals surface area contributed by atoms with Crippen LogP contribution in [0, 0.1) is 0 Å². The van der Waals surface area contributed by atoms with Crippen molar-refractivity contribution in [3.8, 4) is 22.1 Å². The van der Waals surface area contributed by atoms with Gasteiger partial charge in [0.15, 0.2) is 11.4 Å². The molecule has 3 aromatic rings. The Kier molecular flexibility index (Phi) is 5.69. The zero-order valence-electron chi connectivity index (χ0n) is 15.2. The summed E-state index contributed by atoms with van der Waals surface area (Å²) in [5, 5.41) is 5.14. The maximum absolute atomic E-state index is 13.6. The zero-order chi connectivity index (χ0) is 21.2. The number of carbonyl (C=O) groups excluding carboxylic acids is 2. The average Bonchev–Trinajstić information content (AvgIpc) is 3.29. The number of alkyl halides is 3. The fraction of sp³-hybridized carbons (Fsp3) is 0.222. The molecular formula is C18H14F3N3O4S. The largest absolute Gasteiger partial charge is 0.461 e. The standard InChI is InChI=1S/C18H14F3N3O4S/c1-3-27-16(26)13-9-29-17(22-13)24-15(18(19,20)21)8-12(23-24)11-6-4-5-7-14(11)28-10(2)25/h4-9H,3H2,1-2H3. The fourth-order valence-corrected chi connectivity index (χ4v) is 3.20. The molecule has 0 aliphatic rings. The summed E-state index contributed by atoms with van der Waals surface area (Å²) >= 11 is 0.814. The van der Waals surface area contributed by atoms with Crippen molar-refractivity contribution in [2.24, 2.45) is 0 Å². The molecule has 2 aromatic heterocycles. The van der Waals surface area contributed by atoms with E-state index in [-0.39, 0.29) is 34.4 Å². The van der Waals surface area contributed by atoms with Crippen molar-refractivity contribution in [2.75, 3.05) is 6.61 Å². The van der Waals surface area contributed by atoms with Gasteiger partial charge < -0.3 is 9.47 Å². The molecular weight excluding hydrogens is 411 g/mol. The number of rotatable bonds is 5. The van der Waals surface area contributed by atoms with Crippen molar-refractivity contribution in [2.45, 2.75) is 20.0 Å². The van der Waals surface area contributed by atoms with Crippen LogP contribution in [0.3, 0.4) is 0 Å². The van der Waals surface area contributed by atoms with Crippen LogP contribution in [0.5, 0.6) is 5.75 Å². The number of nitrogens with zero attached hydrogens (tertiary/aromatic N) is 3. The summed E-state index contributed by atoms with van der Waals surface area (Å²) < 4.78 is 51.3. The maximum atomic E-state index is 13.6. The summed E-state index contributed by atoms with van der Waals surface area (Å²) in [7, 11) is 0. The highest BCUT2D eigenvalue weighted by Crippen LogP contribution is 2.37. The molecule has 0 saturated heterocycles. The van der Waals surface area contributed by atoms with Crippen molar-refractivity contribution >= 4 is 23.3 Å². The lowest BCUT2D eigenvalue weighted by Gasteiger charge is -2.07. The number of para-hydroxylation sites is 1. The first-order chi connectivity index (χ1) is 13.7. The van der Waals surface area contributed by atoms with E-state index in [2.05, 4.69) is 10.1 Å². The highest BCUT2D eigenvalue weighted by molar-refractivity contribution is 7.12. The molecule has 1 aromatic carbocycles. The lowest BCUT2D eigenvalue weighted by molar-refractivity contribution is -0.142. The van der Waals surface area contributed by atoms with Crippen molar-refractivity contribution < 1.29 is 32.2 Å². The Morgan fingerprint density at radius 3 is 2.62 bits per heavy atom. The second kappa shape index (κ2) is 8.03. The van der Waals surface area contributed by atoms with E-state index in [9.17, 15) is 22.8 Å². The molecule has 11 heteroatoms. The van der Waals surface area contributed by atoms with Crippen LogP contribution >= 0.6 is 11.3 Å². The molecule has 0 aliphatic heterocycles. The van der Waals surface area contributed by atoms with Gasteiger partial charge in [0.25, 0.3) is 0 Å². The number of benzene rings is 1. The van der Waals surface area contributed by atoms with Gasteiger partial charge in [0, 0.05) is 17.9 Å². The lowest BCUT2D eigenvalue weighted by atomic mass is 10.1. The van der Waals surface area contributed by atoms with Gasteiger partial charge in [-0.25, -0.2) is 14.5 Å². The first-order valence-corrected chi connectivity index (χ1v) is 9.16. The summed E-state index contributed by atoms with van der Waals surface area (Å²) in [4.78, 5) is 27.0. The fourth-order valence-electron chi connectivity index (χ4n) is 2.44. The Labute approximate surface area is 166 Å². The van der Waals surface area contributed by atoms with E-state index >= 15 is 0 Å². The van der Waals surface area contributed by atoms with Gasteiger partial charge in [-0.15, -0.1) is 11.3 Å². The Morgan fingerprint density at radius 1 is 1.24 bits per heavy atom. The highest BCUT2D eigenvalue weighted by Gasteiger charge is 2.37. The van der Waals surface area contributed by atoms with Gasteiger partial charge in [-0.3, -0.25) is 4.79 Å². The summed E-state index contributed by atoms with van der Waals surface area (Å²) in [6.45, 7) is 2.90. The number of thiazole rings is 1. The van der Waals surface area contributed by atoms with E-state index in [1.165, 1.54) is 24.4 Å². The van der Waals surface area contributed by atoms with Crippen molar-refractivity contribution in [3.05, 3.63) is 47.1 Å². The number of ether oxygens (including phenoxy) is 2. The quantitative estimate of drug-likeness (QED) is 0.452. The molecule has 0 radical (unpaired) electrons. The number of carbonyl (C=O) groups is 2. The maximum Gasteiger partial charge on any atom is 0.433 e. The van der Waals surface area contributed by atoms with Crippen LogP contribution in [-0.2, 0) is 15.7 Å². The minimum absolute atomic E-state index is 0.0675. The van der Waals surface area contributed by atoms with Crippen LogP contribution in [0.4, 0.5) is 13.2 Å². The molecule has 0 bridgehead atoms. The SMILES string of the molecule is CCOC(=O)c1csc(-n2nc(-c3ccccc3OC(C)=O)cc2C(F)(F)F)n1. The van der Waals surface area contributed by atoms with Crippen LogP contribution in [-0.4, -0.2) is 33.3 Å². The Balaban J connectivity index is 2.10. The second-order valence-electron chi connectivity index (χ2n) is 5.65. The Bertz CT molecular complexity index is 1060. The molecule has 0 saturated carbocycles. The van der Waals surface area contributed by atoms with E-state index in [4.69, 9.17) is 9.47 Å². The average molecular weight is 425 g/mol. The predicted octanol–water partition coefficient (Wildman–Crippen LogP) is 4.12. The van der Waals surface area contributed by atoms with E-state index in [1.807, 2.05) is 0 Å². The monoisotopic (exact) mass is 425 g/mol. The van der Waals surface area contributed by atoms with Crippen LogP contribution in [0.25, 0.3) is 16.4 Å². The van der Waals surface area contributed by atoms with Crippen LogP contribution < -0.4 is 4.74 Å². The van der Waals surface area contributed by atoms with Crippen LogP contribution in [0.15, 0.2) is 35.7 Å². The number of esters is 2. The van der Waals surface area contributed by atoms with E-state index < -0.39 is 23.8 Å². The van der Waals surface area contributed by atoms with Crippen LogP contribution in [0.1, 0.15) is 30.0 Å². The topological polar surface area (TPSA) is 83.3 Å². The third kappa shape index (κ3) is 4.45. The molecule has 0 aliphatic carbocycles. The summed E-state index contributed by atoms with van der Waals surface area (Å²) in [6, 6.07) is 6.92.